The van der Waals surface area contributed by atoms with Crippen molar-refractivity contribution in [3.8, 4) is 0 Å². The summed E-state index contributed by atoms with van der Waals surface area (Å²) in [6.45, 7) is -2.74. The van der Waals surface area contributed by atoms with Gasteiger partial charge < -0.3 is 0 Å². The van der Waals surface area contributed by atoms with Crippen molar-refractivity contribution in [3.05, 3.63) is 30.3 Å². The fraction of sp³-hybridized carbons (Fsp3) is 0.647. The standard InChI is InChI=1S/C12H11S.C5H5.Fe/c1-2-8-12(9-3-1)13-10-11-6-4-5-7-11;1-2-4-5-3-1;/h1-9H,10H2;1-5H;. The second-order valence-electron chi connectivity index (χ2n) is 11.4. The molecule has 1 spiro atoms. The van der Waals surface area contributed by atoms with Gasteiger partial charge in [-0.3, -0.25) is 0 Å². The Morgan fingerprint density at radius 3 is 1.84 bits per heavy atom. The maximum atomic E-state index is 2.34. The summed E-state index contributed by atoms with van der Waals surface area (Å²) in [5.41, 5.74) is 0. The quantitative estimate of drug-likeness (QED) is 0.522. The van der Waals surface area contributed by atoms with E-state index in [0.29, 0.717) is 0 Å². The van der Waals surface area contributed by atoms with Crippen LogP contribution >= 0.6 is 11.8 Å². The van der Waals surface area contributed by atoms with Crippen molar-refractivity contribution in [1.29, 1.82) is 0 Å². The first kappa shape index (κ1) is 7.38. The molecule has 0 aromatic heterocycles. The molecule has 1 aromatic rings. The van der Waals surface area contributed by atoms with Crippen LogP contribution in [-0.4, -0.2) is 5.75 Å². The molecule has 98 valence electrons. The second kappa shape index (κ2) is 0.681. The molecule has 0 bridgehead atoms. The van der Waals surface area contributed by atoms with Crippen LogP contribution in [0.1, 0.15) is 0 Å². The molecule has 4 atom stereocenters. The van der Waals surface area contributed by atoms with Crippen LogP contribution in [-0.2, 0) is 6.51 Å². The molecule has 0 saturated carbocycles. The fourth-order valence-electron chi connectivity index (χ4n) is 17.8. The summed E-state index contributed by atoms with van der Waals surface area (Å²) in [5.74, 6) is 1.59. The molecule has 0 aliphatic carbocycles. The van der Waals surface area contributed by atoms with Crippen LogP contribution in [0.15, 0.2) is 35.2 Å². The van der Waals surface area contributed by atoms with E-state index in [0.717, 1.165) is 4.31 Å². The van der Waals surface area contributed by atoms with Crippen LogP contribution in [0.2, 0.25) is 47.7 Å². The zero-order valence-electron chi connectivity index (χ0n) is 10.6. The van der Waals surface area contributed by atoms with E-state index in [1.807, 2.05) is 0 Å². The van der Waals surface area contributed by atoms with Crippen molar-refractivity contribution >= 4 is 11.8 Å². The molecule has 0 radical (unpaired) electrons. The van der Waals surface area contributed by atoms with Crippen molar-refractivity contribution in [1.82, 2.24) is 0 Å². The van der Waals surface area contributed by atoms with Crippen molar-refractivity contribution in [2.75, 3.05) is 5.75 Å². The zero-order valence-corrected chi connectivity index (χ0v) is 12.5. The normalized spacial score (nSPS) is 108. The fourth-order valence-corrected chi connectivity index (χ4v) is 96.0. The third kappa shape index (κ3) is 0.0908. The van der Waals surface area contributed by atoms with Crippen LogP contribution < -0.4 is 0 Å². The average molecular weight is 308 g/mol. The molecule has 4 unspecified atom stereocenters. The maximum absolute atomic E-state index is 2.74. The molecule has 10 aliphatic rings. The Kier molecular flexibility index (Phi) is 0.265. The van der Waals surface area contributed by atoms with Gasteiger partial charge >= 0.3 is 107 Å². The van der Waals surface area contributed by atoms with Crippen LogP contribution in [0.25, 0.3) is 0 Å². The van der Waals surface area contributed by atoms with E-state index in [9.17, 15) is 0 Å². The Hall–Kier alpha value is 0.0895. The molecule has 10 fully saturated rings. The van der Waals surface area contributed by atoms with E-state index in [2.05, 4.69) is 42.1 Å². The average Bonchev–Trinajstić information content (AvgIpc) is 3.38. The number of benzene rings is 1. The molecule has 1 aromatic carbocycles. The molecule has 0 N–H and O–H groups in total. The third-order valence-electron chi connectivity index (χ3n) is 16.2. The number of hydrogen-bond acceptors (Lipinski definition) is 1. The first-order valence-electron chi connectivity index (χ1n) is 8.01. The van der Waals surface area contributed by atoms with Gasteiger partial charge in [0.15, 0.2) is 0 Å². The van der Waals surface area contributed by atoms with E-state index in [-0.39, 0.29) is 0 Å². The molecule has 19 heavy (non-hydrogen) atoms. The van der Waals surface area contributed by atoms with Crippen molar-refractivity contribution in [2.45, 2.75) is 52.6 Å². The summed E-state index contributed by atoms with van der Waals surface area (Å²) in [4.78, 5) is 15.0. The topological polar surface area (TPSA) is 0 Å². The van der Waals surface area contributed by atoms with Crippen LogP contribution in [0, 0.1) is 0 Å². The zero-order chi connectivity index (χ0) is 11.5. The van der Waals surface area contributed by atoms with Crippen LogP contribution in [0.3, 0.4) is 0 Å². The van der Waals surface area contributed by atoms with Crippen LogP contribution in [0.5, 0.6) is 0 Å². The van der Waals surface area contributed by atoms with Crippen LogP contribution in [0.4, 0.5) is 0 Å². The Balaban J connectivity index is 1.26. The molecule has 0 nitrogen and oxygen atoms in total. The van der Waals surface area contributed by atoms with Gasteiger partial charge in [-0.15, -0.1) is 0 Å². The number of thioether (sulfide) groups is 1. The van der Waals surface area contributed by atoms with E-state index in [4.69, 9.17) is 0 Å². The minimum absolute atomic E-state index is 1.11. The molecule has 2 heteroatoms. The van der Waals surface area contributed by atoms with Gasteiger partial charge in [-0.2, -0.15) is 0 Å². The van der Waals surface area contributed by atoms with Gasteiger partial charge in [0, 0.05) is 0 Å². The predicted molar refractivity (Wildman–Crippen MR) is 73.6 cm³/mol. The predicted octanol–water partition coefficient (Wildman–Crippen LogP) is 5.54. The number of hydrogen-bond donors (Lipinski definition) is 0. The SMILES string of the molecule is c1ccc(SC[C]23[CH]4[CH]5[CH]6[CH]2[Fe]56432789[CH]3[CH]2[CH]7[CH]8[CH]39)cc1. The van der Waals surface area contributed by atoms with Gasteiger partial charge in [-0.1, -0.05) is 0 Å². The van der Waals surface area contributed by atoms with Crippen molar-refractivity contribution < 1.29 is 6.51 Å². The van der Waals surface area contributed by atoms with Gasteiger partial charge in [0.2, 0.25) is 0 Å². The monoisotopic (exact) mass is 308 g/mol. The first-order chi connectivity index (χ1) is 9.12. The van der Waals surface area contributed by atoms with Crippen molar-refractivity contribution in [2.24, 2.45) is 0 Å². The molecule has 0 amide bonds. The van der Waals surface area contributed by atoms with E-state index >= 15 is 0 Å². The molecular formula is C17H16FeS. The Morgan fingerprint density at radius 1 is 0.842 bits per heavy atom. The summed E-state index contributed by atoms with van der Waals surface area (Å²) < 4.78 is 1.11. The molecule has 10 heterocycles. The Labute approximate surface area is 107 Å². The van der Waals surface area contributed by atoms with Crippen molar-refractivity contribution in [3.63, 3.8) is 0 Å². The molecule has 11 rings (SSSR count). The van der Waals surface area contributed by atoms with Gasteiger partial charge in [0.1, 0.15) is 0 Å². The van der Waals surface area contributed by atoms with Gasteiger partial charge in [0.25, 0.3) is 0 Å². The second-order valence-corrected chi connectivity index (χ2v) is 36.2. The summed E-state index contributed by atoms with van der Waals surface area (Å²) in [6, 6.07) is 11.3. The Bertz CT molecular complexity index is 1060. The Morgan fingerprint density at radius 2 is 1.42 bits per heavy atom. The molecule has 10 saturated heterocycles. The number of rotatable bonds is 3. The van der Waals surface area contributed by atoms with E-state index < -0.39 is 6.51 Å². The first-order valence-corrected chi connectivity index (χ1v) is 15.3. The molecule has 10 aliphatic heterocycles. The van der Waals surface area contributed by atoms with E-state index in [1.54, 1.807) is 10.6 Å². The summed E-state index contributed by atoms with van der Waals surface area (Å²) in [7, 11) is 0. The number of fused-ring (bicyclic) bond motifs is 10. The van der Waals surface area contributed by atoms with Gasteiger partial charge in [0.05, 0.1) is 0 Å². The third-order valence-corrected chi connectivity index (χ3v) is 60.6. The summed E-state index contributed by atoms with van der Waals surface area (Å²) in [5, 5.41) is 0. The summed E-state index contributed by atoms with van der Waals surface area (Å²) in [6.07, 6.45) is 0. The summed E-state index contributed by atoms with van der Waals surface area (Å²) >= 11 is 2.26. The molecular weight excluding hydrogens is 292 g/mol. The minimum atomic E-state index is -2.74. The van der Waals surface area contributed by atoms with Gasteiger partial charge in [-0.05, 0) is 0 Å². The van der Waals surface area contributed by atoms with Gasteiger partial charge in [-0.25, -0.2) is 0 Å². The van der Waals surface area contributed by atoms with E-state index in [1.165, 1.54) is 43.3 Å².